The summed E-state index contributed by atoms with van der Waals surface area (Å²) in [5, 5.41) is 0.204. The number of nitrogens with one attached hydrogen (secondary N) is 2. The summed E-state index contributed by atoms with van der Waals surface area (Å²) in [7, 11) is 0. The van der Waals surface area contributed by atoms with E-state index in [1.54, 1.807) is 12.1 Å². The van der Waals surface area contributed by atoms with Crippen molar-refractivity contribution in [3.8, 4) is 0 Å². The number of likely N-dealkylation sites (tertiary alicyclic amines) is 1. The lowest BCUT2D eigenvalue weighted by atomic mass is 9.55. The van der Waals surface area contributed by atoms with Gasteiger partial charge in [0.05, 0.1) is 22.4 Å². The Hall–Kier alpha value is -4.50. The lowest BCUT2D eigenvalue weighted by Gasteiger charge is -2.45. The minimum atomic E-state index is -0.912. The van der Waals surface area contributed by atoms with Gasteiger partial charge in [-0.1, -0.05) is 72.3 Å². The molecule has 1 aliphatic heterocycles. The Balaban J connectivity index is 1.11. The van der Waals surface area contributed by atoms with Crippen LogP contribution in [0.5, 0.6) is 0 Å². The number of ether oxygens (including phenoxy) is 1. The Morgan fingerprint density at radius 2 is 1.23 bits per heavy atom. The normalized spacial score (nSPS) is 22.0. The second-order valence-electron chi connectivity index (χ2n) is 9.67. The van der Waals surface area contributed by atoms with Crippen molar-refractivity contribution in [3.05, 3.63) is 106 Å². The van der Waals surface area contributed by atoms with Gasteiger partial charge in [0, 0.05) is 11.8 Å². The largest absolute Gasteiger partial charge is 0.454 e. The number of halogens is 1. The van der Waals surface area contributed by atoms with Crippen LogP contribution in [0.1, 0.15) is 44.4 Å². The zero-order chi connectivity index (χ0) is 27.3. The van der Waals surface area contributed by atoms with Crippen molar-refractivity contribution in [2.24, 2.45) is 11.8 Å². The third-order valence-corrected chi connectivity index (χ3v) is 7.95. The van der Waals surface area contributed by atoms with Gasteiger partial charge in [-0.3, -0.25) is 39.7 Å². The van der Waals surface area contributed by atoms with Crippen LogP contribution in [0, 0.1) is 11.8 Å². The minimum absolute atomic E-state index is 0.155. The van der Waals surface area contributed by atoms with E-state index in [9.17, 15) is 24.0 Å². The molecule has 196 valence electrons. The van der Waals surface area contributed by atoms with Gasteiger partial charge in [-0.05, 0) is 34.4 Å². The maximum Gasteiger partial charge on any atom is 0.326 e. The molecule has 0 spiro atoms. The molecule has 1 heterocycles. The van der Waals surface area contributed by atoms with Crippen LogP contribution in [0.25, 0.3) is 0 Å². The van der Waals surface area contributed by atoms with E-state index in [-0.39, 0.29) is 22.4 Å². The fourth-order valence-corrected chi connectivity index (χ4v) is 6.31. The number of hydrazine groups is 1. The zero-order valence-electron chi connectivity index (χ0n) is 20.4. The smallest absolute Gasteiger partial charge is 0.326 e. The predicted octanol–water partition coefficient (Wildman–Crippen LogP) is 2.54. The molecular formula is C29H22ClN3O6. The third kappa shape index (κ3) is 4.06. The number of hydrogen-bond acceptors (Lipinski definition) is 6. The van der Waals surface area contributed by atoms with Gasteiger partial charge in [0.2, 0.25) is 11.8 Å². The van der Waals surface area contributed by atoms with E-state index in [1.165, 1.54) is 12.1 Å². The second kappa shape index (κ2) is 9.67. The lowest BCUT2D eigenvalue weighted by molar-refractivity contribution is -0.155. The summed E-state index contributed by atoms with van der Waals surface area (Å²) in [6.45, 7) is -1.32. The van der Waals surface area contributed by atoms with Crippen molar-refractivity contribution in [1.82, 2.24) is 15.8 Å². The van der Waals surface area contributed by atoms with E-state index in [1.807, 2.05) is 48.5 Å². The number of carbonyl (C=O) groups excluding carboxylic acids is 5. The molecule has 3 aliphatic carbocycles. The molecule has 4 amide bonds. The monoisotopic (exact) mass is 543 g/mol. The predicted molar refractivity (Wildman–Crippen MR) is 138 cm³/mol. The van der Waals surface area contributed by atoms with E-state index >= 15 is 0 Å². The van der Waals surface area contributed by atoms with Gasteiger partial charge in [0.1, 0.15) is 6.54 Å². The van der Waals surface area contributed by atoms with Crippen LogP contribution in [0.3, 0.4) is 0 Å². The molecule has 1 fully saturated rings. The van der Waals surface area contributed by atoms with Crippen molar-refractivity contribution >= 4 is 41.2 Å². The van der Waals surface area contributed by atoms with Crippen LogP contribution < -0.4 is 10.9 Å². The Kier molecular flexibility index (Phi) is 6.15. The summed E-state index contributed by atoms with van der Waals surface area (Å²) in [5.74, 6) is -4.98. The molecule has 4 aliphatic rings. The highest BCUT2D eigenvalue weighted by atomic mass is 35.5. The Morgan fingerprint density at radius 1 is 0.744 bits per heavy atom. The van der Waals surface area contributed by atoms with E-state index in [0.717, 1.165) is 27.2 Å². The number of nitrogens with zero attached hydrogens (tertiary/aromatic N) is 1. The van der Waals surface area contributed by atoms with Crippen molar-refractivity contribution in [2.75, 3.05) is 13.2 Å². The molecule has 0 unspecified atom stereocenters. The molecule has 2 bridgehead atoms. The summed E-state index contributed by atoms with van der Waals surface area (Å²) < 4.78 is 5.00. The molecule has 3 aromatic carbocycles. The highest BCUT2D eigenvalue weighted by Crippen LogP contribution is 2.60. The summed E-state index contributed by atoms with van der Waals surface area (Å²) in [6, 6.07) is 22.0. The standard InChI is InChI=1S/C29H22ClN3O6/c30-20-12-6-5-11-19(20)27(36)32-31-21(34)14-39-22(35)13-33-28(37)25-23-15-7-1-2-8-16(15)24(26(25)29(33)38)18-10-4-3-9-17(18)23/h1-12,23-26H,13-14H2,(H,31,34)(H,32,36)/t23?,24?,25-,26-/m0/s1. The topological polar surface area (TPSA) is 122 Å². The van der Waals surface area contributed by atoms with E-state index in [2.05, 4.69) is 10.9 Å². The quantitative estimate of drug-likeness (QED) is 0.290. The summed E-state index contributed by atoms with van der Waals surface area (Å²) in [4.78, 5) is 64.8. The van der Waals surface area contributed by atoms with Gasteiger partial charge in [0.25, 0.3) is 11.8 Å². The highest BCUT2D eigenvalue weighted by molar-refractivity contribution is 6.33. The number of hydrogen-bond donors (Lipinski definition) is 2. The molecule has 3 aromatic rings. The molecule has 2 atom stereocenters. The average Bonchev–Trinajstić information content (AvgIpc) is 3.20. The minimum Gasteiger partial charge on any atom is -0.454 e. The number of imide groups is 1. The maximum absolute atomic E-state index is 13.5. The van der Waals surface area contributed by atoms with Gasteiger partial charge in [-0.25, -0.2) is 0 Å². The van der Waals surface area contributed by atoms with Gasteiger partial charge >= 0.3 is 5.97 Å². The molecule has 39 heavy (non-hydrogen) atoms. The number of carbonyl (C=O) groups is 5. The third-order valence-electron chi connectivity index (χ3n) is 7.63. The molecule has 0 radical (unpaired) electrons. The fraction of sp³-hybridized carbons (Fsp3) is 0.207. The number of esters is 1. The molecule has 10 heteroatoms. The summed E-state index contributed by atoms with van der Waals surface area (Å²) in [6.07, 6.45) is 0. The molecule has 1 saturated heterocycles. The van der Waals surface area contributed by atoms with Crippen molar-refractivity contribution < 1.29 is 28.7 Å². The number of rotatable bonds is 5. The highest BCUT2D eigenvalue weighted by Gasteiger charge is 2.61. The Bertz CT molecular complexity index is 1440. The lowest BCUT2D eigenvalue weighted by Crippen LogP contribution is -2.44. The first-order valence-electron chi connectivity index (χ1n) is 12.4. The van der Waals surface area contributed by atoms with Gasteiger partial charge in [-0.15, -0.1) is 0 Å². The van der Waals surface area contributed by atoms with Crippen molar-refractivity contribution in [1.29, 1.82) is 0 Å². The van der Waals surface area contributed by atoms with Crippen LogP contribution in [0.2, 0.25) is 5.02 Å². The van der Waals surface area contributed by atoms with Crippen LogP contribution in [-0.2, 0) is 23.9 Å². The van der Waals surface area contributed by atoms with E-state index in [4.69, 9.17) is 16.3 Å². The van der Waals surface area contributed by atoms with Crippen LogP contribution in [0.4, 0.5) is 0 Å². The molecule has 0 saturated carbocycles. The average molecular weight is 544 g/mol. The zero-order valence-corrected chi connectivity index (χ0v) is 21.2. The molecule has 0 aromatic heterocycles. The first-order valence-corrected chi connectivity index (χ1v) is 12.8. The molecule has 9 nitrogen and oxygen atoms in total. The van der Waals surface area contributed by atoms with Gasteiger partial charge < -0.3 is 4.74 Å². The first kappa shape index (κ1) is 24.8. The summed E-state index contributed by atoms with van der Waals surface area (Å²) in [5.41, 5.74) is 8.60. The SMILES string of the molecule is O=C(COC(=O)CN1C(=O)[C@H]2C3c4ccccc4C(c4ccccc43)[C@@H]2C1=O)NNC(=O)c1ccccc1Cl. The Morgan fingerprint density at radius 3 is 1.74 bits per heavy atom. The van der Waals surface area contributed by atoms with Crippen molar-refractivity contribution in [2.45, 2.75) is 11.8 Å². The molecular weight excluding hydrogens is 522 g/mol. The van der Waals surface area contributed by atoms with Gasteiger partial charge in [-0.2, -0.15) is 0 Å². The number of benzene rings is 3. The number of amides is 4. The Labute approximate surface area is 228 Å². The molecule has 2 N–H and O–H groups in total. The first-order chi connectivity index (χ1) is 18.9. The van der Waals surface area contributed by atoms with E-state index < -0.39 is 54.6 Å². The maximum atomic E-state index is 13.5. The van der Waals surface area contributed by atoms with Crippen LogP contribution in [-0.4, -0.2) is 47.6 Å². The molecule has 7 rings (SSSR count). The second-order valence-corrected chi connectivity index (χ2v) is 10.1. The van der Waals surface area contributed by atoms with Crippen LogP contribution >= 0.6 is 11.6 Å². The van der Waals surface area contributed by atoms with Crippen LogP contribution in [0.15, 0.2) is 72.8 Å². The van der Waals surface area contributed by atoms with Gasteiger partial charge in [0.15, 0.2) is 6.61 Å². The van der Waals surface area contributed by atoms with E-state index in [0.29, 0.717) is 0 Å². The van der Waals surface area contributed by atoms with Crippen molar-refractivity contribution in [3.63, 3.8) is 0 Å². The fourth-order valence-electron chi connectivity index (χ4n) is 6.09. The summed E-state index contributed by atoms with van der Waals surface area (Å²) >= 11 is 5.96.